The van der Waals surface area contributed by atoms with Gasteiger partial charge in [-0.3, -0.25) is 9.69 Å². The Balaban J connectivity index is 1.39. The zero-order valence-corrected chi connectivity index (χ0v) is 20.1. The molecule has 0 bridgehead atoms. The molecule has 3 N–H and O–H groups in total. The van der Waals surface area contributed by atoms with Gasteiger partial charge in [-0.1, -0.05) is 35.9 Å². The van der Waals surface area contributed by atoms with Crippen molar-refractivity contribution in [1.29, 1.82) is 0 Å². The van der Waals surface area contributed by atoms with E-state index in [9.17, 15) is 9.59 Å². The number of fused-ring (bicyclic) bond motifs is 1. The summed E-state index contributed by atoms with van der Waals surface area (Å²) >= 11 is 6.14. The number of anilines is 3. The molecule has 180 valence electrons. The number of aromatic nitrogens is 5. The molecule has 0 aliphatic heterocycles. The van der Waals surface area contributed by atoms with Gasteiger partial charge in [0.05, 0.1) is 11.2 Å². The monoisotopic (exact) mass is 500 g/mol. The van der Waals surface area contributed by atoms with Gasteiger partial charge in [-0.2, -0.15) is 5.21 Å². The normalized spacial score (nSPS) is 10.9. The van der Waals surface area contributed by atoms with Gasteiger partial charge in [-0.05, 0) is 53.7 Å². The molecule has 10 nitrogen and oxygen atoms in total. The second-order valence-electron chi connectivity index (χ2n) is 8.07. The first-order valence-corrected chi connectivity index (χ1v) is 11.3. The Morgan fingerprint density at radius 3 is 2.56 bits per heavy atom. The Bertz CT molecular complexity index is 1560. The molecule has 0 atom stereocenters. The summed E-state index contributed by atoms with van der Waals surface area (Å²) in [6, 6.07) is 21.4. The van der Waals surface area contributed by atoms with Crippen LogP contribution >= 0.6 is 11.6 Å². The standard InChI is InChI=1S/C25H21ClN8O2/c1-33(18-6-4-3-5-7-18)25(36)27-17-10-8-15-12-22(34(2)21(15)14-17)24(35)28-20-11-9-16(26)13-19(20)23-29-31-32-30-23/h3-14H,1-2H3,(H,27,36)(H,28,35)(H,29,30,31,32). The van der Waals surface area contributed by atoms with E-state index in [-0.39, 0.29) is 11.9 Å². The SMILES string of the molecule is CN(C(=O)Nc1ccc2cc(C(=O)Nc3ccc(Cl)cc3-c3nn[nH]n3)n(C)c2c1)c1ccccc1. The van der Waals surface area contributed by atoms with Gasteiger partial charge in [-0.15, -0.1) is 10.2 Å². The summed E-state index contributed by atoms with van der Waals surface area (Å²) in [5.74, 6) is -0.0131. The molecule has 0 unspecified atom stereocenters. The third-order valence-corrected chi connectivity index (χ3v) is 6.03. The number of carbonyl (C=O) groups excluding carboxylic acids is 2. The predicted molar refractivity (Wildman–Crippen MR) is 139 cm³/mol. The fourth-order valence-electron chi connectivity index (χ4n) is 3.87. The first-order valence-electron chi connectivity index (χ1n) is 10.9. The molecule has 5 aromatic rings. The Kier molecular flexibility index (Phi) is 6.09. The molecule has 0 spiro atoms. The van der Waals surface area contributed by atoms with E-state index in [1.807, 2.05) is 42.5 Å². The van der Waals surface area contributed by atoms with Crippen LogP contribution < -0.4 is 15.5 Å². The number of carbonyl (C=O) groups is 2. The van der Waals surface area contributed by atoms with Crippen molar-refractivity contribution in [3.05, 3.63) is 83.5 Å². The zero-order valence-electron chi connectivity index (χ0n) is 19.4. The number of hydrogen-bond donors (Lipinski definition) is 3. The number of nitrogens with one attached hydrogen (secondary N) is 3. The van der Waals surface area contributed by atoms with Crippen molar-refractivity contribution >= 4 is 51.5 Å². The van der Waals surface area contributed by atoms with Crippen LogP contribution in [0.1, 0.15) is 10.5 Å². The van der Waals surface area contributed by atoms with E-state index in [4.69, 9.17) is 11.6 Å². The number of tetrazole rings is 1. The maximum Gasteiger partial charge on any atom is 0.326 e. The molecule has 3 amide bonds. The summed E-state index contributed by atoms with van der Waals surface area (Å²) in [5.41, 5.74) is 3.64. The highest BCUT2D eigenvalue weighted by atomic mass is 35.5. The van der Waals surface area contributed by atoms with Crippen LogP contribution in [0.2, 0.25) is 5.02 Å². The Morgan fingerprint density at radius 2 is 1.81 bits per heavy atom. The summed E-state index contributed by atoms with van der Waals surface area (Å²) in [5, 5.41) is 21.1. The Morgan fingerprint density at radius 1 is 1.00 bits per heavy atom. The van der Waals surface area contributed by atoms with Gasteiger partial charge >= 0.3 is 6.03 Å². The van der Waals surface area contributed by atoms with Crippen molar-refractivity contribution < 1.29 is 9.59 Å². The van der Waals surface area contributed by atoms with Crippen LogP contribution in [0.3, 0.4) is 0 Å². The van der Waals surface area contributed by atoms with Crippen LogP contribution in [0.5, 0.6) is 0 Å². The fourth-order valence-corrected chi connectivity index (χ4v) is 4.05. The van der Waals surface area contributed by atoms with Gasteiger partial charge in [0.2, 0.25) is 5.82 Å². The van der Waals surface area contributed by atoms with Crippen LogP contribution in [0.4, 0.5) is 21.9 Å². The highest BCUT2D eigenvalue weighted by molar-refractivity contribution is 6.31. The molecule has 0 saturated heterocycles. The molecule has 3 aromatic carbocycles. The minimum absolute atomic E-state index is 0.274. The van der Waals surface area contributed by atoms with E-state index in [0.29, 0.717) is 33.5 Å². The first-order chi connectivity index (χ1) is 17.4. The van der Waals surface area contributed by atoms with Crippen molar-refractivity contribution in [3.8, 4) is 11.4 Å². The maximum atomic E-state index is 13.2. The number of amides is 3. The molecule has 2 aromatic heterocycles. The van der Waals surface area contributed by atoms with Gasteiger partial charge < -0.3 is 15.2 Å². The Hall–Kier alpha value is -4.70. The Labute approximate surface area is 210 Å². The molecular formula is C25H21ClN8O2. The third-order valence-electron chi connectivity index (χ3n) is 5.79. The lowest BCUT2D eigenvalue weighted by Crippen LogP contribution is -2.31. The second-order valence-corrected chi connectivity index (χ2v) is 8.50. The molecule has 0 fully saturated rings. The quantitative estimate of drug-likeness (QED) is 0.316. The minimum atomic E-state index is -0.324. The van der Waals surface area contributed by atoms with Crippen molar-refractivity contribution in [2.45, 2.75) is 0 Å². The number of rotatable bonds is 5. The van der Waals surface area contributed by atoms with Crippen molar-refractivity contribution in [2.24, 2.45) is 7.05 Å². The first kappa shape index (κ1) is 23.1. The van der Waals surface area contributed by atoms with E-state index < -0.39 is 0 Å². The summed E-state index contributed by atoms with van der Waals surface area (Å²) in [4.78, 5) is 27.5. The molecule has 0 radical (unpaired) electrons. The van der Waals surface area contributed by atoms with Crippen molar-refractivity contribution in [3.63, 3.8) is 0 Å². The lowest BCUT2D eigenvalue weighted by atomic mass is 10.1. The number of benzene rings is 3. The van der Waals surface area contributed by atoms with E-state index in [1.54, 1.807) is 49.0 Å². The lowest BCUT2D eigenvalue weighted by Gasteiger charge is -2.18. The lowest BCUT2D eigenvalue weighted by molar-refractivity contribution is 0.101. The van der Waals surface area contributed by atoms with Gasteiger partial charge in [0.1, 0.15) is 5.69 Å². The summed E-state index contributed by atoms with van der Waals surface area (Å²) in [6.45, 7) is 0. The van der Waals surface area contributed by atoms with Crippen LogP contribution in [-0.2, 0) is 7.05 Å². The van der Waals surface area contributed by atoms with E-state index in [0.717, 1.165) is 16.6 Å². The number of urea groups is 1. The van der Waals surface area contributed by atoms with Crippen LogP contribution in [0.15, 0.2) is 72.8 Å². The highest BCUT2D eigenvalue weighted by Crippen LogP contribution is 2.29. The summed E-state index contributed by atoms with van der Waals surface area (Å²) in [7, 11) is 3.49. The average molecular weight is 501 g/mol. The van der Waals surface area contributed by atoms with Crippen molar-refractivity contribution in [1.82, 2.24) is 25.2 Å². The van der Waals surface area contributed by atoms with Crippen LogP contribution in [0.25, 0.3) is 22.3 Å². The fraction of sp³-hybridized carbons (Fsp3) is 0.0800. The maximum absolute atomic E-state index is 13.2. The van der Waals surface area contributed by atoms with E-state index >= 15 is 0 Å². The molecule has 0 aliphatic carbocycles. The van der Waals surface area contributed by atoms with Gasteiger partial charge in [0.25, 0.3) is 5.91 Å². The van der Waals surface area contributed by atoms with E-state index in [1.165, 1.54) is 4.90 Å². The topological polar surface area (TPSA) is 121 Å². The summed E-state index contributed by atoms with van der Waals surface area (Å²) < 4.78 is 1.77. The van der Waals surface area contributed by atoms with Gasteiger partial charge in [-0.25, -0.2) is 4.79 Å². The molecule has 36 heavy (non-hydrogen) atoms. The molecule has 5 rings (SSSR count). The number of hydrogen-bond acceptors (Lipinski definition) is 5. The highest BCUT2D eigenvalue weighted by Gasteiger charge is 2.18. The van der Waals surface area contributed by atoms with Crippen LogP contribution in [0, 0.1) is 0 Å². The number of halogens is 1. The predicted octanol–water partition coefficient (Wildman–Crippen LogP) is 4.93. The molecule has 0 aliphatic rings. The minimum Gasteiger partial charge on any atom is -0.340 e. The van der Waals surface area contributed by atoms with Gasteiger partial charge in [0.15, 0.2) is 0 Å². The largest absolute Gasteiger partial charge is 0.340 e. The third kappa shape index (κ3) is 4.49. The zero-order chi connectivity index (χ0) is 25.2. The smallest absolute Gasteiger partial charge is 0.326 e. The molecular weight excluding hydrogens is 480 g/mol. The molecule has 11 heteroatoms. The number of H-pyrrole nitrogens is 1. The number of para-hydroxylation sites is 1. The average Bonchev–Trinajstić information content (AvgIpc) is 3.54. The number of nitrogens with zero attached hydrogens (tertiary/aromatic N) is 5. The second kappa shape index (κ2) is 9.51. The summed E-state index contributed by atoms with van der Waals surface area (Å²) in [6.07, 6.45) is 0. The van der Waals surface area contributed by atoms with Crippen LogP contribution in [-0.4, -0.2) is 44.2 Å². The number of aryl methyl sites for hydroxylation is 1. The number of aromatic amines is 1. The van der Waals surface area contributed by atoms with Crippen molar-refractivity contribution in [2.75, 3.05) is 22.6 Å². The molecule has 2 heterocycles. The van der Waals surface area contributed by atoms with E-state index in [2.05, 4.69) is 31.3 Å². The molecule has 0 saturated carbocycles. The van der Waals surface area contributed by atoms with Gasteiger partial charge in [0, 0.05) is 41.4 Å².